The molecule has 4 rings (SSSR count). The molecule has 0 radical (unpaired) electrons. The molecule has 144 valence electrons. The topological polar surface area (TPSA) is 95.3 Å². The van der Waals surface area contributed by atoms with Gasteiger partial charge in [0, 0.05) is 38.2 Å². The van der Waals surface area contributed by atoms with Gasteiger partial charge in [0.1, 0.15) is 11.3 Å². The van der Waals surface area contributed by atoms with E-state index in [1.807, 2.05) is 23.9 Å². The molecule has 27 heavy (non-hydrogen) atoms. The van der Waals surface area contributed by atoms with Crippen LogP contribution in [0.4, 0.5) is 5.95 Å². The third-order valence-electron chi connectivity index (χ3n) is 5.89. The van der Waals surface area contributed by atoms with Crippen LogP contribution in [-0.4, -0.2) is 53.1 Å². The summed E-state index contributed by atoms with van der Waals surface area (Å²) in [5.41, 5.74) is 2.50. The van der Waals surface area contributed by atoms with Crippen molar-refractivity contribution in [3.05, 3.63) is 38.6 Å². The number of hydrogen-bond acceptors (Lipinski definition) is 6. The van der Waals surface area contributed by atoms with E-state index >= 15 is 0 Å². The first-order valence-electron chi connectivity index (χ1n) is 9.35. The summed E-state index contributed by atoms with van der Waals surface area (Å²) in [7, 11) is 3.72. The molecule has 1 atom stereocenters. The zero-order valence-electron chi connectivity index (χ0n) is 16.3. The van der Waals surface area contributed by atoms with E-state index < -0.39 is 0 Å². The Kier molecular flexibility index (Phi) is 4.09. The van der Waals surface area contributed by atoms with Crippen LogP contribution in [0.1, 0.15) is 52.3 Å². The molecule has 2 aliphatic rings. The Hall–Kier alpha value is -2.64. The Morgan fingerprint density at radius 3 is 2.74 bits per heavy atom. The number of amides is 1. The molecular formula is C19H25N5O3. The number of fused-ring (bicyclic) bond motifs is 2. The average molecular weight is 371 g/mol. The maximum absolute atomic E-state index is 13.1. The Bertz CT molecular complexity index is 941. The molecule has 1 aliphatic heterocycles. The molecule has 1 fully saturated rings. The fraction of sp³-hybridized carbons (Fsp3) is 0.579. The van der Waals surface area contributed by atoms with Crippen molar-refractivity contribution in [3.63, 3.8) is 0 Å². The van der Waals surface area contributed by atoms with Gasteiger partial charge in [0.15, 0.2) is 0 Å². The molecule has 1 unspecified atom stereocenters. The number of rotatable bonds is 2. The number of carbonyl (C=O) groups is 1. The summed E-state index contributed by atoms with van der Waals surface area (Å²) in [5, 5.41) is 3.91. The molecule has 0 saturated carbocycles. The number of likely N-dealkylation sites (tertiary alicyclic amines) is 1. The van der Waals surface area contributed by atoms with Crippen molar-refractivity contribution < 1.29 is 9.32 Å². The largest absolute Gasteiger partial charge is 0.361 e. The highest BCUT2D eigenvalue weighted by atomic mass is 16.5. The summed E-state index contributed by atoms with van der Waals surface area (Å²) in [6.45, 7) is 4.83. The predicted octanol–water partition coefficient (Wildman–Crippen LogP) is 1.56. The summed E-state index contributed by atoms with van der Waals surface area (Å²) in [6, 6.07) is 0. The lowest BCUT2D eigenvalue weighted by atomic mass is 9.77. The number of aryl methyl sites for hydroxylation is 2. The van der Waals surface area contributed by atoms with E-state index in [1.165, 1.54) is 0 Å². The molecule has 2 aromatic rings. The Balaban J connectivity index is 1.71. The number of hydrogen-bond donors (Lipinski definition) is 1. The van der Waals surface area contributed by atoms with Gasteiger partial charge in [0.2, 0.25) is 5.95 Å². The normalized spacial score (nSPS) is 21.6. The zero-order chi connectivity index (χ0) is 19.3. The van der Waals surface area contributed by atoms with E-state index in [-0.39, 0.29) is 16.9 Å². The zero-order valence-corrected chi connectivity index (χ0v) is 16.3. The van der Waals surface area contributed by atoms with E-state index in [9.17, 15) is 9.59 Å². The first kappa shape index (κ1) is 17.8. The van der Waals surface area contributed by atoms with Crippen molar-refractivity contribution >= 4 is 11.9 Å². The molecular weight excluding hydrogens is 346 g/mol. The molecule has 2 aromatic heterocycles. The fourth-order valence-electron chi connectivity index (χ4n) is 4.50. The summed E-state index contributed by atoms with van der Waals surface area (Å²) in [6.07, 6.45) is 3.38. The van der Waals surface area contributed by atoms with Crippen LogP contribution in [0.25, 0.3) is 0 Å². The van der Waals surface area contributed by atoms with Crippen molar-refractivity contribution in [2.24, 2.45) is 0 Å². The third kappa shape index (κ3) is 2.74. The highest BCUT2D eigenvalue weighted by Crippen LogP contribution is 2.43. The van der Waals surface area contributed by atoms with Crippen molar-refractivity contribution in [2.45, 2.75) is 44.9 Å². The lowest BCUT2D eigenvalue weighted by Crippen LogP contribution is -2.48. The number of aromatic nitrogens is 3. The van der Waals surface area contributed by atoms with Crippen molar-refractivity contribution in [3.8, 4) is 0 Å². The molecule has 1 amide bonds. The van der Waals surface area contributed by atoms with Crippen LogP contribution in [0.2, 0.25) is 0 Å². The van der Waals surface area contributed by atoms with Gasteiger partial charge in [0.05, 0.1) is 11.4 Å². The lowest BCUT2D eigenvalue weighted by molar-refractivity contribution is 0.0631. The molecule has 1 aliphatic carbocycles. The Labute approximate surface area is 157 Å². The maximum atomic E-state index is 13.1. The number of H-pyrrole nitrogens is 1. The van der Waals surface area contributed by atoms with Crippen LogP contribution in [-0.2, 0) is 11.8 Å². The monoisotopic (exact) mass is 371 g/mol. The van der Waals surface area contributed by atoms with Crippen LogP contribution in [0.3, 0.4) is 0 Å². The van der Waals surface area contributed by atoms with Crippen LogP contribution < -0.4 is 10.5 Å². The highest BCUT2D eigenvalue weighted by Gasteiger charge is 2.46. The van der Waals surface area contributed by atoms with Crippen LogP contribution in [0.5, 0.6) is 0 Å². The number of nitrogens with one attached hydrogen (secondary N) is 1. The molecule has 8 heteroatoms. The molecule has 1 saturated heterocycles. The van der Waals surface area contributed by atoms with Gasteiger partial charge in [-0.05, 0) is 39.5 Å². The minimum atomic E-state index is -0.249. The number of anilines is 1. The Morgan fingerprint density at radius 2 is 2.07 bits per heavy atom. The van der Waals surface area contributed by atoms with Gasteiger partial charge in [-0.15, -0.1) is 0 Å². The SMILES string of the molecule is Cc1noc(C)c1C(=O)N1CCCC2(CCc3c2nc(N(C)C)[nH]c3=O)C1. The first-order chi connectivity index (χ1) is 12.8. The van der Waals surface area contributed by atoms with Gasteiger partial charge in [-0.2, -0.15) is 0 Å². The minimum Gasteiger partial charge on any atom is -0.361 e. The lowest BCUT2D eigenvalue weighted by Gasteiger charge is -2.40. The van der Waals surface area contributed by atoms with E-state index in [0.29, 0.717) is 42.5 Å². The van der Waals surface area contributed by atoms with Gasteiger partial charge in [-0.3, -0.25) is 14.6 Å². The average Bonchev–Trinajstić information content (AvgIpc) is 3.15. The Morgan fingerprint density at radius 1 is 1.30 bits per heavy atom. The number of carbonyl (C=O) groups excluding carboxylic acids is 1. The van der Waals surface area contributed by atoms with Crippen molar-refractivity contribution in [1.29, 1.82) is 0 Å². The highest BCUT2D eigenvalue weighted by molar-refractivity contribution is 5.96. The second-order valence-corrected chi connectivity index (χ2v) is 7.92. The summed E-state index contributed by atoms with van der Waals surface area (Å²) in [4.78, 5) is 37.0. The molecule has 0 bridgehead atoms. The van der Waals surface area contributed by atoms with Gasteiger partial charge in [-0.25, -0.2) is 4.98 Å². The van der Waals surface area contributed by atoms with Gasteiger partial charge in [0.25, 0.3) is 11.5 Å². The second kappa shape index (κ2) is 6.21. The van der Waals surface area contributed by atoms with E-state index in [2.05, 4.69) is 10.1 Å². The fourth-order valence-corrected chi connectivity index (χ4v) is 4.50. The molecule has 0 aromatic carbocycles. The van der Waals surface area contributed by atoms with E-state index in [1.54, 1.807) is 13.8 Å². The van der Waals surface area contributed by atoms with Crippen molar-refractivity contribution in [1.82, 2.24) is 20.0 Å². The summed E-state index contributed by atoms with van der Waals surface area (Å²) in [5.74, 6) is 1.07. The first-order valence-corrected chi connectivity index (χ1v) is 9.35. The van der Waals surface area contributed by atoms with Gasteiger partial charge < -0.3 is 14.3 Å². The maximum Gasteiger partial charge on any atom is 0.259 e. The molecule has 8 nitrogen and oxygen atoms in total. The molecule has 3 heterocycles. The van der Waals surface area contributed by atoms with Crippen LogP contribution in [0.15, 0.2) is 9.32 Å². The van der Waals surface area contributed by atoms with Gasteiger partial charge >= 0.3 is 0 Å². The quantitative estimate of drug-likeness (QED) is 0.861. The second-order valence-electron chi connectivity index (χ2n) is 7.92. The standard InChI is InChI=1S/C19H25N5O3/c1-11-14(12(2)27-22-11)17(26)24-9-5-7-19(10-24)8-6-13-15(19)20-18(23(3)4)21-16(13)25/h5-10H2,1-4H3,(H,20,21,25). The van der Waals surface area contributed by atoms with Crippen molar-refractivity contribution in [2.75, 3.05) is 32.1 Å². The summed E-state index contributed by atoms with van der Waals surface area (Å²) >= 11 is 0. The molecule has 1 spiro atoms. The smallest absolute Gasteiger partial charge is 0.259 e. The minimum absolute atomic E-state index is 0.0450. The van der Waals surface area contributed by atoms with Crippen LogP contribution >= 0.6 is 0 Å². The number of piperidine rings is 1. The summed E-state index contributed by atoms with van der Waals surface area (Å²) < 4.78 is 5.18. The number of aromatic amines is 1. The van der Waals surface area contributed by atoms with Crippen LogP contribution in [0, 0.1) is 13.8 Å². The third-order valence-corrected chi connectivity index (χ3v) is 5.89. The number of nitrogens with zero attached hydrogens (tertiary/aromatic N) is 4. The molecule has 1 N–H and O–H groups in total. The van der Waals surface area contributed by atoms with E-state index in [4.69, 9.17) is 9.51 Å². The predicted molar refractivity (Wildman–Crippen MR) is 100 cm³/mol. The van der Waals surface area contributed by atoms with Gasteiger partial charge in [-0.1, -0.05) is 5.16 Å². The van der Waals surface area contributed by atoms with E-state index in [0.717, 1.165) is 30.5 Å².